The van der Waals surface area contributed by atoms with Crippen LogP contribution in [-0.2, 0) is 6.54 Å². The van der Waals surface area contributed by atoms with Crippen LogP contribution in [0.2, 0.25) is 0 Å². The molecule has 20 heavy (non-hydrogen) atoms. The predicted octanol–water partition coefficient (Wildman–Crippen LogP) is 1.99. The van der Waals surface area contributed by atoms with Gasteiger partial charge in [0.25, 0.3) is 0 Å². The molecule has 1 aliphatic rings. The highest BCUT2D eigenvalue weighted by molar-refractivity contribution is 5.40. The molecule has 3 rings (SSSR count). The summed E-state index contributed by atoms with van der Waals surface area (Å²) in [5.41, 5.74) is 2.13. The highest BCUT2D eigenvalue weighted by atomic mass is 16.6. The second kappa shape index (κ2) is 5.54. The van der Waals surface area contributed by atoms with Crippen molar-refractivity contribution < 1.29 is 9.47 Å². The Bertz CT molecular complexity index is 582. The Morgan fingerprint density at radius 3 is 2.90 bits per heavy atom. The number of nitrogens with one attached hydrogen (secondary N) is 1. The predicted molar refractivity (Wildman–Crippen MR) is 76.0 cm³/mol. The van der Waals surface area contributed by atoms with Crippen molar-refractivity contribution in [2.45, 2.75) is 19.6 Å². The Hall–Kier alpha value is -2.01. The van der Waals surface area contributed by atoms with E-state index in [4.69, 9.17) is 9.47 Å². The van der Waals surface area contributed by atoms with E-state index in [-0.39, 0.29) is 6.10 Å². The number of ether oxygens (including phenoxy) is 2. The van der Waals surface area contributed by atoms with Crippen molar-refractivity contribution in [3.63, 3.8) is 0 Å². The van der Waals surface area contributed by atoms with Crippen molar-refractivity contribution in [1.29, 1.82) is 0 Å². The number of fused-ring (bicyclic) bond motifs is 1. The number of aromatic amines is 1. The molecule has 0 radical (unpaired) electrons. The van der Waals surface area contributed by atoms with Crippen LogP contribution in [0.3, 0.4) is 0 Å². The number of aromatic nitrogens is 2. The van der Waals surface area contributed by atoms with Gasteiger partial charge in [0.15, 0.2) is 11.5 Å². The van der Waals surface area contributed by atoms with Crippen molar-refractivity contribution in [3.8, 4) is 11.5 Å². The lowest BCUT2D eigenvalue weighted by Crippen LogP contribution is -2.39. The average Bonchev–Trinajstić information content (AvgIpc) is 2.83. The number of H-pyrrole nitrogens is 1. The van der Waals surface area contributed by atoms with Crippen molar-refractivity contribution in [2.75, 3.05) is 20.2 Å². The first-order chi connectivity index (χ1) is 9.70. The van der Waals surface area contributed by atoms with E-state index in [1.165, 1.54) is 0 Å². The summed E-state index contributed by atoms with van der Waals surface area (Å²) in [6.45, 7) is 4.19. The number of benzene rings is 1. The average molecular weight is 273 g/mol. The summed E-state index contributed by atoms with van der Waals surface area (Å²) in [6.07, 6.45) is 0.0509. The third-order valence-electron chi connectivity index (χ3n) is 3.27. The number of aryl methyl sites for hydroxylation is 1. The zero-order valence-electron chi connectivity index (χ0n) is 11.8. The molecule has 2 aromatic rings. The molecule has 2 heterocycles. The van der Waals surface area contributed by atoms with Gasteiger partial charge in [-0.05, 0) is 32.2 Å². The Morgan fingerprint density at radius 1 is 1.35 bits per heavy atom. The summed E-state index contributed by atoms with van der Waals surface area (Å²) in [4.78, 5) is 2.19. The first-order valence-electron chi connectivity index (χ1n) is 6.78. The first kappa shape index (κ1) is 13.0. The number of hydrogen-bond acceptors (Lipinski definition) is 4. The molecule has 1 aromatic carbocycles. The van der Waals surface area contributed by atoms with Gasteiger partial charge in [0, 0.05) is 18.8 Å². The quantitative estimate of drug-likeness (QED) is 0.925. The molecule has 0 spiro atoms. The van der Waals surface area contributed by atoms with E-state index in [1.54, 1.807) is 0 Å². The number of rotatable bonds is 4. The summed E-state index contributed by atoms with van der Waals surface area (Å²) in [6, 6.07) is 9.85. The minimum Gasteiger partial charge on any atom is -0.486 e. The van der Waals surface area contributed by atoms with Crippen LogP contribution >= 0.6 is 0 Å². The van der Waals surface area contributed by atoms with E-state index < -0.39 is 0 Å². The molecule has 1 unspecified atom stereocenters. The highest BCUT2D eigenvalue weighted by Crippen LogP contribution is 2.30. The van der Waals surface area contributed by atoms with Crippen LogP contribution in [0.4, 0.5) is 0 Å². The van der Waals surface area contributed by atoms with Gasteiger partial charge in [0.1, 0.15) is 12.7 Å². The van der Waals surface area contributed by atoms with Gasteiger partial charge in [-0.15, -0.1) is 0 Å². The molecule has 1 aliphatic heterocycles. The SMILES string of the molecule is Cc1cc(CN(C)CC2COc3ccccc3O2)n[nH]1. The molecule has 0 saturated carbocycles. The van der Waals surface area contributed by atoms with E-state index >= 15 is 0 Å². The summed E-state index contributed by atoms with van der Waals surface area (Å²) in [5, 5.41) is 7.20. The van der Waals surface area contributed by atoms with Crippen molar-refractivity contribution in [2.24, 2.45) is 0 Å². The van der Waals surface area contributed by atoms with Crippen LogP contribution in [0.15, 0.2) is 30.3 Å². The maximum absolute atomic E-state index is 5.95. The Morgan fingerprint density at radius 2 is 2.15 bits per heavy atom. The van der Waals surface area contributed by atoms with E-state index in [0.717, 1.165) is 36.0 Å². The molecule has 0 aliphatic carbocycles. The molecule has 106 valence electrons. The molecule has 0 amide bonds. The Balaban J connectivity index is 1.56. The van der Waals surface area contributed by atoms with Gasteiger partial charge >= 0.3 is 0 Å². The lowest BCUT2D eigenvalue weighted by atomic mass is 10.2. The van der Waals surface area contributed by atoms with Crippen LogP contribution < -0.4 is 9.47 Å². The molecule has 5 heteroatoms. The summed E-state index contributed by atoms with van der Waals surface area (Å²) < 4.78 is 11.7. The maximum Gasteiger partial charge on any atom is 0.161 e. The van der Waals surface area contributed by atoms with Crippen LogP contribution in [0, 0.1) is 6.92 Å². The number of hydrogen-bond donors (Lipinski definition) is 1. The maximum atomic E-state index is 5.95. The zero-order chi connectivity index (χ0) is 13.9. The van der Waals surface area contributed by atoms with Gasteiger partial charge in [-0.3, -0.25) is 10.00 Å². The zero-order valence-corrected chi connectivity index (χ0v) is 11.8. The summed E-state index contributed by atoms with van der Waals surface area (Å²) in [7, 11) is 2.06. The van der Waals surface area contributed by atoms with Crippen molar-refractivity contribution >= 4 is 0 Å². The summed E-state index contributed by atoms with van der Waals surface area (Å²) in [5.74, 6) is 1.65. The second-order valence-corrected chi connectivity index (χ2v) is 5.24. The molecular weight excluding hydrogens is 254 g/mol. The molecule has 1 aromatic heterocycles. The molecule has 5 nitrogen and oxygen atoms in total. The minimum atomic E-state index is 0.0509. The van der Waals surface area contributed by atoms with Gasteiger partial charge in [0.05, 0.1) is 5.69 Å². The number of likely N-dealkylation sites (N-methyl/N-ethyl adjacent to an activating group) is 1. The normalized spacial score (nSPS) is 17.4. The monoisotopic (exact) mass is 273 g/mol. The standard InChI is InChI=1S/C15H19N3O2/c1-11-7-12(17-16-11)8-18(2)9-13-10-19-14-5-3-4-6-15(14)20-13/h3-7,13H,8-10H2,1-2H3,(H,16,17). The van der Waals surface area contributed by atoms with E-state index in [2.05, 4.69) is 28.2 Å². The molecular formula is C15H19N3O2. The third kappa shape index (κ3) is 2.93. The lowest BCUT2D eigenvalue weighted by Gasteiger charge is -2.29. The minimum absolute atomic E-state index is 0.0509. The third-order valence-corrected chi connectivity index (χ3v) is 3.27. The van der Waals surface area contributed by atoms with Crippen LogP contribution in [0.1, 0.15) is 11.4 Å². The summed E-state index contributed by atoms with van der Waals surface area (Å²) >= 11 is 0. The number of nitrogens with zero attached hydrogens (tertiary/aromatic N) is 2. The number of para-hydroxylation sites is 2. The fourth-order valence-corrected chi connectivity index (χ4v) is 2.40. The van der Waals surface area contributed by atoms with Crippen molar-refractivity contribution in [1.82, 2.24) is 15.1 Å². The molecule has 1 N–H and O–H groups in total. The van der Waals surface area contributed by atoms with Crippen LogP contribution in [-0.4, -0.2) is 41.4 Å². The highest BCUT2D eigenvalue weighted by Gasteiger charge is 2.22. The molecule has 0 fully saturated rings. The van der Waals surface area contributed by atoms with E-state index in [1.807, 2.05) is 31.2 Å². The molecule has 0 saturated heterocycles. The van der Waals surface area contributed by atoms with Gasteiger partial charge < -0.3 is 9.47 Å². The molecule has 0 bridgehead atoms. The van der Waals surface area contributed by atoms with Crippen LogP contribution in [0.5, 0.6) is 11.5 Å². The van der Waals surface area contributed by atoms with E-state index in [9.17, 15) is 0 Å². The van der Waals surface area contributed by atoms with Gasteiger partial charge in [0.2, 0.25) is 0 Å². The Kier molecular flexibility index (Phi) is 3.60. The van der Waals surface area contributed by atoms with Crippen LogP contribution in [0.25, 0.3) is 0 Å². The lowest BCUT2D eigenvalue weighted by molar-refractivity contribution is 0.0635. The first-order valence-corrected chi connectivity index (χ1v) is 6.78. The van der Waals surface area contributed by atoms with Gasteiger partial charge in [-0.25, -0.2) is 0 Å². The molecule has 1 atom stereocenters. The van der Waals surface area contributed by atoms with Gasteiger partial charge in [-0.1, -0.05) is 12.1 Å². The largest absolute Gasteiger partial charge is 0.486 e. The topological polar surface area (TPSA) is 50.4 Å². The van der Waals surface area contributed by atoms with Gasteiger partial charge in [-0.2, -0.15) is 5.10 Å². The van der Waals surface area contributed by atoms with Crippen molar-refractivity contribution in [3.05, 3.63) is 41.7 Å². The fraction of sp³-hybridized carbons (Fsp3) is 0.400. The Labute approximate surface area is 118 Å². The fourth-order valence-electron chi connectivity index (χ4n) is 2.40. The van der Waals surface area contributed by atoms with E-state index in [0.29, 0.717) is 6.61 Å². The smallest absolute Gasteiger partial charge is 0.161 e. The second-order valence-electron chi connectivity index (χ2n) is 5.24.